The van der Waals surface area contributed by atoms with Gasteiger partial charge in [-0.1, -0.05) is 60.2 Å². The molecule has 0 aliphatic heterocycles. The van der Waals surface area contributed by atoms with Gasteiger partial charge in [-0.3, -0.25) is 9.78 Å². The zero-order chi connectivity index (χ0) is 23.0. The Morgan fingerprint density at radius 1 is 1.00 bits per heavy atom. The number of rotatable bonds is 8. The fourth-order valence-electron chi connectivity index (χ4n) is 3.16. The van der Waals surface area contributed by atoms with Gasteiger partial charge in [0.15, 0.2) is 11.5 Å². The zero-order valence-electron chi connectivity index (χ0n) is 18.4. The molecule has 0 unspecified atom stereocenters. The van der Waals surface area contributed by atoms with Crippen LogP contribution < -0.4 is 20.5 Å². The maximum absolute atomic E-state index is 12.0. The van der Waals surface area contributed by atoms with Gasteiger partial charge in [-0.05, 0) is 36.2 Å². The Labute approximate surface area is 191 Å². The summed E-state index contributed by atoms with van der Waals surface area (Å²) in [6.45, 7) is 2.50. The molecule has 0 fully saturated rings. The van der Waals surface area contributed by atoms with Gasteiger partial charge in [0.05, 0.1) is 19.0 Å². The number of benzene rings is 3. The first-order valence-corrected chi connectivity index (χ1v) is 10.4. The number of ether oxygens (including phenoxy) is 2. The molecule has 0 atom stereocenters. The van der Waals surface area contributed by atoms with E-state index in [1.807, 2.05) is 60.7 Å². The van der Waals surface area contributed by atoms with Crippen molar-refractivity contribution in [1.82, 2.24) is 9.97 Å². The van der Waals surface area contributed by atoms with Crippen LogP contribution in [0.25, 0.3) is 11.3 Å². The van der Waals surface area contributed by atoms with Crippen molar-refractivity contribution in [3.05, 3.63) is 106 Å². The van der Waals surface area contributed by atoms with Crippen molar-refractivity contribution in [3.8, 4) is 22.8 Å². The Morgan fingerprint density at radius 3 is 2.55 bits per heavy atom. The molecule has 0 saturated heterocycles. The van der Waals surface area contributed by atoms with Crippen LogP contribution in [0.3, 0.4) is 0 Å². The first-order chi connectivity index (χ1) is 16.1. The Morgan fingerprint density at radius 2 is 1.79 bits per heavy atom. The quantitative estimate of drug-likeness (QED) is 0.304. The summed E-state index contributed by atoms with van der Waals surface area (Å²) < 4.78 is 11.4. The van der Waals surface area contributed by atoms with Crippen LogP contribution in [0.15, 0.2) is 88.8 Å². The van der Waals surface area contributed by atoms with Crippen LogP contribution in [0.4, 0.5) is 5.95 Å². The largest absolute Gasteiger partial charge is 0.493 e. The number of aromatic nitrogens is 2. The minimum atomic E-state index is -0.265. The van der Waals surface area contributed by atoms with Crippen molar-refractivity contribution in [2.45, 2.75) is 13.5 Å². The second-order valence-electron chi connectivity index (χ2n) is 7.40. The first-order valence-electron chi connectivity index (χ1n) is 10.4. The standard InChI is InChI=1S/C26H24N4O3/c1-18-8-10-19(11-9-18)17-33-23-13-12-20(14-24(23)32-2)16-27-30-26-28-22(15-25(31)29-26)21-6-4-3-5-7-21/h3-16H,17H2,1-2H3,(H2,28,29,30,31)/b27-16-. The highest BCUT2D eigenvalue weighted by atomic mass is 16.5. The highest BCUT2D eigenvalue weighted by molar-refractivity contribution is 5.81. The average Bonchev–Trinajstić information content (AvgIpc) is 2.84. The van der Waals surface area contributed by atoms with Gasteiger partial charge in [0.1, 0.15) is 6.61 Å². The van der Waals surface area contributed by atoms with E-state index in [4.69, 9.17) is 9.47 Å². The molecule has 4 aromatic rings. The normalized spacial score (nSPS) is 10.8. The summed E-state index contributed by atoms with van der Waals surface area (Å²) in [7, 11) is 1.59. The van der Waals surface area contributed by atoms with Crippen LogP contribution >= 0.6 is 0 Å². The van der Waals surface area contributed by atoms with Gasteiger partial charge in [-0.25, -0.2) is 10.4 Å². The van der Waals surface area contributed by atoms with Crippen LogP contribution in [-0.2, 0) is 6.61 Å². The summed E-state index contributed by atoms with van der Waals surface area (Å²) in [5, 5.41) is 4.19. The van der Waals surface area contributed by atoms with Crippen molar-refractivity contribution < 1.29 is 9.47 Å². The summed E-state index contributed by atoms with van der Waals surface area (Å²) in [5.41, 5.74) is 7.01. The highest BCUT2D eigenvalue weighted by Crippen LogP contribution is 2.28. The van der Waals surface area contributed by atoms with Gasteiger partial charge >= 0.3 is 0 Å². The maximum atomic E-state index is 12.0. The van der Waals surface area contributed by atoms with Crippen molar-refractivity contribution in [3.63, 3.8) is 0 Å². The van der Waals surface area contributed by atoms with Crippen molar-refractivity contribution >= 4 is 12.2 Å². The number of hydrogen-bond donors (Lipinski definition) is 2. The Hall–Kier alpha value is -4.39. The number of hydrogen-bond acceptors (Lipinski definition) is 6. The van der Waals surface area contributed by atoms with E-state index in [1.165, 1.54) is 11.6 Å². The van der Waals surface area contributed by atoms with Gasteiger partial charge in [0, 0.05) is 11.6 Å². The molecule has 0 amide bonds. The number of anilines is 1. The molecule has 0 radical (unpaired) electrons. The summed E-state index contributed by atoms with van der Waals surface area (Å²) in [4.78, 5) is 19.1. The monoisotopic (exact) mass is 440 g/mol. The lowest BCUT2D eigenvalue weighted by Crippen LogP contribution is -2.10. The van der Waals surface area contributed by atoms with E-state index in [0.29, 0.717) is 23.8 Å². The van der Waals surface area contributed by atoms with Gasteiger partial charge in [-0.2, -0.15) is 5.10 Å². The average molecular weight is 441 g/mol. The minimum absolute atomic E-state index is 0.252. The summed E-state index contributed by atoms with van der Waals surface area (Å²) >= 11 is 0. The molecule has 33 heavy (non-hydrogen) atoms. The first kappa shape index (κ1) is 21.8. The third kappa shape index (κ3) is 5.86. The number of nitrogens with one attached hydrogen (secondary N) is 2. The zero-order valence-corrected chi connectivity index (χ0v) is 18.4. The molecule has 4 rings (SSSR count). The number of methoxy groups -OCH3 is 1. The lowest BCUT2D eigenvalue weighted by atomic mass is 10.1. The van der Waals surface area contributed by atoms with E-state index in [-0.39, 0.29) is 11.5 Å². The van der Waals surface area contributed by atoms with Crippen LogP contribution in [0.1, 0.15) is 16.7 Å². The van der Waals surface area contributed by atoms with Gasteiger partial charge < -0.3 is 9.47 Å². The van der Waals surface area contributed by atoms with Crippen molar-refractivity contribution in [2.75, 3.05) is 12.5 Å². The molecule has 0 bridgehead atoms. The van der Waals surface area contributed by atoms with E-state index < -0.39 is 0 Å². The van der Waals surface area contributed by atoms with Gasteiger partial charge in [0.2, 0.25) is 5.95 Å². The molecule has 1 heterocycles. The number of aryl methyl sites for hydroxylation is 1. The molecule has 2 N–H and O–H groups in total. The maximum Gasteiger partial charge on any atom is 0.252 e. The minimum Gasteiger partial charge on any atom is -0.493 e. The lowest BCUT2D eigenvalue weighted by Gasteiger charge is -2.11. The third-order valence-electron chi connectivity index (χ3n) is 4.90. The van der Waals surface area contributed by atoms with Gasteiger partial charge in [-0.15, -0.1) is 0 Å². The lowest BCUT2D eigenvalue weighted by molar-refractivity contribution is 0.284. The molecule has 0 aliphatic rings. The fraction of sp³-hybridized carbons (Fsp3) is 0.115. The summed E-state index contributed by atoms with van der Waals surface area (Å²) in [5.74, 6) is 1.50. The van der Waals surface area contributed by atoms with E-state index >= 15 is 0 Å². The SMILES string of the molecule is COc1cc(/C=N\Nc2nc(-c3ccccc3)cc(=O)[nH]2)ccc1OCc1ccc(C)cc1. The van der Waals surface area contributed by atoms with Crippen molar-refractivity contribution in [1.29, 1.82) is 0 Å². The van der Waals surface area contributed by atoms with E-state index in [0.717, 1.165) is 16.7 Å². The topological polar surface area (TPSA) is 88.6 Å². The van der Waals surface area contributed by atoms with Crippen LogP contribution in [-0.4, -0.2) is 23.3 Å². The molecule has 166 valence electrons. The number of nitrogens with zero attached hydrogens (tertiary/aromatic N) is 2. The molecule has 0 saturated carbocycles. The molecule has 7 heteroatoms. The predicted molar refractivity (Wildman–Crippen MR) is 130 cm³/mol. The van der Waals surface area contributed by atoms with E-state index in [2.05, 4.69) is 39.6 Å². The highest BCUT2D eigenvalue weighted by Gasteiger charge is 2.06. The number of aromatic amines is 1. The smallest absolute Gasteiger partial charge is 0.252 e. The Bertz CT molecular complexity index is 1300. The molecule has 3 aromatic carbocycles. The number of hydrazone groups is 1. The molecular weight excluding hydrogens is 416 g/mol. The molecule has 1 aromatic heterocycles. The molecular formula is C26H24N4O3. The van der Waals surface area contributed by atoms with Crippen molar-refractivity contribution in [2.24, 2.45) is 5.10 Å². The fourth-order valence-corrected chi connectivity index (χ4v) is 3.16. The second-order valence-corrected chi connectivity index (χ2v) is 7.40. The van der Waals surface area contributed by atoms with E-state index in [9.17, 15) is 4.79 Å². The molecule has 0 spiro atoms. The van der Waals surface area contributed by atoms with E-state index in [1.54, 1.807) is 13.3 Å². The van der Waals surface area contributed by atoms with Crippen LogP contribution in [0, 0.1) is 6.92 Å². The predicted octanol–water partition coefficient (Wildman–Crippen LogP) is 4.78. The van der Waals surface area contributed by atoms with Crippen LogP contribution in [0.5, 0.6) is 11.5 Å². The molecule has 7 nitrogen and oxygen atoms in total. The Kier molecular flexibility index (Phi) is 6.80. The van der Waals surface area contributed by atoms with Gasteiger partial charge in [0.25, 0.3) is 5.56 Å². The Balaban J connectivity index is 1.43. The summed E-state index contributed by atoms with van der Waals surface area (Å²) in [6.07, 6.45) is 1.61. The van der Waals surface area contributed by atoms with Crippen LogP contribution in [0.2, 0.25) is 0 Å². The molecule has 0 aliphatic carbocycles. The second kappa shape index (κ2) is 10.3. The third-order valence-corrected chi connectivity index (χ3v) is 4.90. The number of H-pyrrole nitrogens is 1. The summed E-state index contributed by atoms with van der Waals surface area (Å²) in [6, 6.07) is 24.7.